The molecular formula is C13H24O2. The SMILES string of the molecule is [2H]CCC(CC)C(=O)CC(=O)C(CC)CC. The molecule has 0 radical (unpaired) electrons. The maximum absolute atomic E-state index is 11.8. The van der Waals surface area contributed by atoms with Crippen LogP contribution in [0.4, 0.5) is 0 Å². The van der Waals surface area contributed by atoms with Crippen molar-refractivity contribution in [1.29, 1.82) is 0 Å². The Balaban J connectivity index is 4.25. The molecule has 0 aliphatic heterocycles. The van der Waals surface area contributed by atoms with Crippen molar-refractivity contribution in [2.45, 2.75) is 59.8 Å². The Morgan fingerprint density at radius 3 is 1.67 bits per heavy atom. The van der Waals surface area contributed by atoms with Crippen LogP contribution in [0.25, 0.3) is 0 Å². The number of carbonyl (C=O) groups excluding carboxylic acids is 2. The number of hydrogen-bond acceptors (Lipinski definition) is 2. The molecule has 0 aliphatic carbocycles. The summed E-state index contributed by atoms with van der Waals surface area (Å²) >= 11 is 0. The molecule has 15 heavy (non-hydrogen) atoms. The van der Waals surface area contributed by atoms with Gasteiger partial charge in [-0.3, -0.25) is 9.59 Å². The van der Waals surface area contributed by atoms with Gasteiger partial charge in [-0.05, 0) is 25.7 Å². The third-order valence-corrected chi connectivity index (χ3v) is 3.09. The summed E-state index contributed by atoms with van der Waals surface area (Å²) in [6, 6.07) is 0. The number of hydrogen-bond donors (Lipinski definition) is 0. The number of ketones is 2. The van der Waals surface area contributed by atoms with Crippen molar-refractivity contribution in [3.05, 3.63) is 0 Å². The minimum Gasteiger partial charge on any atom is -0.299 e. The molecule has 0 saturated carbocycles. The average Bonchev–Trinajstić information content (AvgIpc) is 2.27. The van der Waals surface area contributed by atoms with E-state index in [4.69, 9.17) is 1.37 Å². The zero-order valence-corrected chi connectivity index (χ0v) is 10.2. The van der Waals surface area contributed by atoms with E-state index in [9.17, 15) is 9.59 Å². The van der Waals surface area contributed by atoms with Crippen LogP contribution in [0.3, 0.4) is 0 Å². The summed E-state index contributed by atoms with van der Waals surface area (Å²) in [4.78, 5) is 23.6. The summed E-state index contributed by atoms with van der Waals surface area (Å²) in [5.41, 5.74) is 0. The normalized spacial score (nSPS) is 13.7. The highest BCUT2D eigenvalue weighted by molar-refractivity contribution is 6.00. The standard InChI is InChI=1S/C13H24O2/c1-5-10(6-2)12(14)9-13(15)11(7-3)8-4/h10-11H,5-9H2,1-4H3/i1D. The van der Waals surface area contributed by atoms with Crippen LogP contribution in [-0.4, -0.2) is 11.6 Å². The van der Waals surface area contributed by atoms with Crippen molar-refractivity contribution in [3.63, 3.8) is 0 Å². The largest absolute Gasteiger partial charge is 0.299 e. The predicted octanol–water partition coefficient (Wildman–Crippen LogP) is 3.39. The van der Waals surface area contributed by atoms with Gasteiger partial charge in [-0.25, -0.2) is 0 Å². The quantitative estimate of drug-likeness (QED) is 0.579. The highest BCUT2D eigenvalue weighted by Gasteiger charge is 2.21. The lowest BCUT2D eigenvalue weighted by Gasteiger charge is -2.14. The van der Waals surface area contributed by atoms with Crippen LogP contribution in [0.1, 0.15) is 61.1 Å². The van der Waals surface area contributed by atoms with Crippen LogP contribution >= 0.6 is 0 Å². The first-order valence-corrected chi connectivity index (χ1v) is 5.95. The summed E-state index contributed by atoms with van der Waals surface area (Å²) < 4.78 is 7.13. The van der Waals surface area contributed by atoms with E-state index in [2.05, 4.69) is 0 Å². The number of Topliss-reactive ketones (excluding diaryl/α,β-unsaturated/α-hetero) is 2. The fourth-order valence-electron chi connectivity index (χ4n) is 1.80. The molecule has 0 fully saturated rings. The lowest BCUT2D eigenvalue weighted by atomic mass is 9.89. The predicted molar refractivity (Wildman–Crippen MR) is 62.8 cm³/mol. The molecule has 1 atom stereocenters. The monoisotopic (exact) mass is 213 g/mol. The summed E-state index contributed by atoms with van der Waals surface area (Å²) in [5, 5.41) is 0. The van der Waals surface area contributed by atoms with Crippen LogP contribution in [-0.2, 0) is 9.59 Å². The molecular weight excluding hydrogens is 188 g/mol. The molecule has 0 aromatic rings. The zero-order chi connectivity index (χ0) is 12.6. The van der Waals surface area contributed by atoms with E-state index in [1.807, 2.05) is 20.8 Å². The molecule has 0 saturated heterocycles. The van der Waals surface area contributed by atoms with E-state index < -0.39 is 0 Å². The Bertz CT molecular complexity index is 222. The summed E-state index contributed by atoms with van der Waals surface area (Å²) in [6.45, 7) is 6.18. The zero-order valence-electron chi connectivity index (χ0n) is 11.2. The van der Waals surface area contributed by atoms with E-state index in [1.54, 1.807) is 0 Å². The Kier molecular flexibility index (Phi) is 6.29. The molecule has 2 nitrogen and oxygen atoms in total. The Labute approximate surface area is 94.8 Å². The van der Waals surface area contributed by atoms with Crippen molar-refractivity contribution >= 4 is 11.6 Å². The maximum Gasteiger partial charge on any atom is 0.143 e. The molecule has 0 aliphatic rings. The Morgan fingerprint density at radius 2 is 1.33 bits per heavy atom. The second kappa shape index (κ2) is 7.61. The highest BCUT2D eigenvalue weighted by atomic mass is 16.1. The van der Waals surface area contributed by atoms with Gasteiger partial charge in [0.25, 0.3) is 0 Å². The second-order valence-electron chi connectivity index (χ2n) is 4.02. The summed E-state index contributed by atoms with van der Waals surface area (Å²) in [5.74, 6) is 0.0679. The van der Waals surface area contributed by atoms with Gasteiger partial charge < -0.3 is 0 Å². The summed E-state index contributed by atoms with van der Waals surface area (Å²) in [6.07, 6.45) is 3.04. The second-order valence-corrected chi connectivity index (χ2v) is 4.02. The van der Waals surface area contributed by atoms with Gasteiger partial charge in [0, 0.05) is 13.2 Å². The van der Waals surface area contributed by atoms with Crippen LogP contribution < -0.4 is 0 Å². The topological polar surface area (TPSA) is 34.1 Å². The van der Waals surface area contributed by atoms with E-state index in [0.717, 1.165) is 19.3 Å². The number of carbonyl (C=O) groups is 2. The van der Waals surface area contributed by atoms with Crippen molar-refractivity contribution in [3.8, 4) is 0 Å². The van der Waals surface area contributed by atoms with Crippen LogP contribution in [0, 0.1) is 11.8 Å². The number of rotatable bonds is 8. The maximum atomic E-state index is 11.8. The molecule has 0 heterocycles. The third-order valence-electron chi connectivity index (χ3n) is 3.09. The lowest BCUT2D eigenvalue weighted by Crippen LogP contribution is -2.21. The van der Waals surface area contributed by atoms with Crippen LogP contribution in [0.15, 0.2) is 0 Å². The van der Waals surface area contributed by atoms with Crippen molar-refractivity contribution in [2.24, 2.45) is 11.8 Å². The molecule has 0 rings (SSSR count). The van der Waals surface area contributed by atoms with E-state index in [0.29, 0.717) is 6.42 Å². The first kappa shape index (κ1) is 12.4. The fraction of sp³-hybridized carbons (Fsp3) is 0.846. The first-order valence-electron chi connectivity index (χ1n) is 6.65. The molecule has 1 unspecified atom stereocenters. The van der Waals surface area contributed by atoms with E-state index in [1.165, 1.54) is 0 Å². The van der Waals surface area contributed by atoms with E-state index in [-0.39, 0.29) is 36.7 Å². The Morgan fingerprint density at radius 1 is 0.933 bits per heavy atom. The molecule has 0 aromatic carbocycles. The molecule has 0 spiro atoms. The van der Waals surface area contributed by atoms with Crippen molar-refractivity contribution in [1.82, 2.24) is 0 Å². The van der Waals surface area contributed by atoms with Gasteiger partial charge in [-0.15, -0.1) is 0 Å². The van der Waals surface area contributed by atoms with Crippen LogP contribution in [0.2, 0.25) is 0 Å². The molecule has 0 aromatic heterocycles. The van der Waals surface area contributed by atoms with Gasteiger partial charge in [0.2, 0.25) is 0 Å². The molecule has 2 heteroatoms. The van der Waals surface area contributed by atoms with Gasteiger partial charge in [0.05, 0.1) is 6.42 Å². The fourth-order valence-corrected chi connectivity index (χ4v) is 1.80. The summed E-state index contributed by atoms with van der Waals surface area (Å²) in [7, 11) is 0. The third kappa shape index (κ3) is 4.59. The molecule has 0 amide bonds. The van der Waals surface area contributed by atoms with Gasteiger partial charge in [0.1, 0.15) is 11.6 Å². The van der Waals surface area contributed by atoms with E-state index >= 15 is 0 Å². The highest BCUT2D eigenvalue weighted by Crippen LogP contribution is 2.16. The van der Waals surface area contributed by atoms with Crippen molar-refractivity contribution < 1.29 is 11.0 Å². The first-order chi connectivity index (χ1) is 7.60. The molecule has 88 valence electrons. The smallest absolute Gasteiger partial charge is 0.143 e. The lowest BCUT2D eigenvalue weighted by molar-refractivity contribution is -0.131. The Hall–Kier alpha value is -0.660. The van der Waals surface area contributed by atoms with Gasteiger partial charge in [-0.1, -0.05) is 27.7 Å². The molecule has 0 bridgehead atoms. The van der Waals surface area contributed by atoms with Gasteiger partial charge >= 0.3 is 0 Å². The minimum atomic E-state index is -0.0872. The average molecular weight is 213 g/mol. The van der Waals surface area contributed by atoms with Gasteiger partial charge in [0.15, 0.2) is 0 Å². The van der Waals surface area contributed by atoms with Gasteiger partial charge in [-0.2, -0.15) is 0 Å². The molecule has 0 N–H and O–H groups in total. The minimum absolute atomic E-state index is 0.0339. The van der Waals surface area contributed by atoms with Crippen molar-refractivity contribution in [2.75, 3.05) is 0 Å². The van der Waals surface area contributed by atoms with Crippen LogP contribution in [0.5, 0.6) is 0 Å².